The van der Waals surface area contributed by atoms with Crippen LogP contribution in [0.25, 0.3) is 10.2 Å². The Morgan fingerprint density at radius 3 is 2.61 bits per heavy atom. The Kier molecular flexibility index (Phi) is 6.77. The SMILES string of the molecule is CCN(CC)C(=O)CN(C)C(=O)CSc1nc2sc3c(c2c(=O)[nH]1)CCCC3. The monoisotopic (exact) mass is 422 g/mol. The Morgan fingerprint density at radius 1 is 1.18 bits per heavy atom. The lowest BCUT2D eigenvalue weighted by Crippen LogP contribution is -2.41. The lowest BCUT2D eigenvalue weighted by atomic mass is 9.97. The van der Waals surface area contributed by atoms with Gasteiger partial charge in [0.05, 0.1) is 17.7 Å². The molecule has 0 bridgehead atoms. The molecule has 0 aliphatic heterocycles. The standard InChI is InChI=1S/C19H26N4O3S2/c1-4-23(5-2)14(24)10-22(3)15(25)11-27-19-20-17(26)16-12-8-6-7-9-13(12)28-18(16)21-19/h4-11H2,1-3H3,(H,20,21,26). The van der Waals surface area contributed by atoms with Crippen molar-refractivity contribution in [3.8, 4) is 0 Å². The molecule has 0 atom stereocenters. The number of aromatic amines is 1. The summed E-state index contributed by atoms with van der Waals surface area (Å²) in [4.78, 5) is 49.6. The van der Waals surface area contributed by atoms with Gasteiger partial charge in [-0.05, 0) is 45.1 Å². The van der Waals surface area contributed by atoms with Crippen molar-refractivity contribution in [1.29, 1.82) is 0 Å². The van der Waals surface area contributed by atoms with Crippen molar-refractivity contribution in [2.75, 3.05) is 32.4 Å². The third kappa shape index (κ3) is 4.41. The topological polar surface area (TPSA) is 86.4 Å². The van der Waals surface area contributed by atoms with Crippen LogP contribution in [0.1, 0.15) is 37.1 Å². The van der Waals surface area contributed by atoms with Crippen LogP contribution in [0.3, 0.4) is 0 Å². The Bertz CT molecular complexity index is 933. The Hall–Kier alpha value is -1.87. The number of nitrogens with zero attached hydrogens (tertiary/aromatic N) is 3. The highest BCUT2D eigenvalue weighted by Gasteiger charge is 2.21. The van der Waals surface area contributed by atoms with Crippen molar-refractivity contribution < 1.29 is 9.59 Å². The highest BCUT2D eigenvalue weighted by Crippen LogP contribution is 2.34. The molecular weight excluding hydrogens is 396 g/mol. The summed E-state index contributed by atoms with van der Waals surface area (Å²) >= 11 is 2.80. The van der Waals surface area contributed by atoms with Gasteiger partial charge in [0.2, 0.25) is 11.8 Å². The summed E-state index contributed by atoms with van der Waals surface area (Å²) in [6.07, 6.45) is 4.23. The highest BCUT2D eigenvalue weighted by atomic mass is 32.2. The predicted octanol–water partition coefficient (Wildman–Crippen LogP) is 2.28. The summed E-state index contributed by atoms with van der Waals surface area (Å²) in [5, 5.41) is 1.17. The first-order chi connectivity index (χ1) is 13.4. The molecule has 0 radical (unpaired) electrons. The summed E-state index contributed by atoms with van der Waals surface area (Å²) in [5.41, 5.74) is 1.03. The second kappa shape index (κ2) is 9.09. The van der Waals surface area contributed by atoms with Gasteiger partial charge in [-0.1, -0.05) is 11.8 Å². The predicted molar refractivity (Wildman–Crippen MR) is 113 cm³/mol. The van der Waals surface area contributed by atoms with E-state index in [0.717, 1.165) is 41.5 Å². The fourth-order valence-electron chi connectivity index (χ4n) is 3.42. The van der Waals surface area contributed by atoms with Crippen LogP contribution in [-0.4, -0.2) is 64.0 Å². The van der Waals surface area contributed by atoms with E-state index >= 15 is 0 Å². The molecule has 0 saturated heterocycles. The van der Waals surface area contributed by atoms with Crippen molar-refractivity contribution in [3.05, 3.63) is 20.8 Å². The minimum absolute atomic E-state index is 0.0572. The Morgan fingerprint density at radius 2 is 1.89 bits per heavy atom. The summed E-state index contributed by atoms with van der Waals surface area (Å²) in [6.45, 7) is 5.14. The molecular formula is C19H26N4O3S2. The molecule has 0 unspecified atom stereocenters. The summed E-state index contributed by atoms with van der Waals surface area (Å²) < 4.78 is 0. The van der Waals surface area contributed by atoms with Gasteiger partial charge in [-0.2, -0.15) is 0 Å². The number of rotatable bonds is 7. The molecule has 3 rings (SSSR count). The fourth-order valence-corrected chi connectivity index (χ4v) is 5.54. The number of aryl methyl sites for hydroxylation is 2. The molecule has 28 heavy (non-hydrogen) atoms. The Balaban J connectivity index is 1.65. The van der Waals surface area contributed by atoms with Gasteiger partial charge in [-0.15, -0.1) is 11.3 Å². The molecule has 9 heteroatoms. The van der Waals surface area contributed by atoms with Gasteiger partial charge in [0.15, 0.2) is 5.16 Å². The van der Waals surface area contributed by atoms with E-state index in [1.54, 1.807) is 23.3 Å². The minimum atomic E-state index is -0.168. The van der Waals surface area contributed by atoms with Gasteiger partial charge in [-0.3, -0.25) is 14.4 Å². The maximum Gasteiger partial charge on any atom is 0.260 e. The number of hydrogen-bond acceptors (Lipinski definition) is 6. The molecule has 7 nitrogen and oxygen atoms in total. The zero-order valence-electron chi connectivity index (χ0n) is 16.5. The van der Waals surface area contributed by atoms with Crippen molar-refractivity contribution in [2.24, 2.45) is 0 Å². The van der Waals surface area contributed by atoms with E-state index in [0.29, 0.717) is 18.2 Å². The number of thiophene rings is 1. The van der Waals surface area contributed by atoms with Gasteiger partial charge >= 0.3 is 0 Å². The van der Waals surface area contributed by atoms with E-state index in [9.17, 15) is 14.4 Å². The fraction of sp³-hybridized carbons (Fsp3) is 0.579. The van der Waals surface area contributed by atoms with Crippen molar-refractivity contribution in [2.45, 2.75) is 44.7 Å². The second-order valence-corrected chi connectivity index (χ2v) is 8.91. The molecule has 2 aromatic rings. The number of likely N-dealkylation sites (N-methyl/N-ethyl adjacent to an activating group) is 2. The van der Waals surface area contributed by atoms with E-state index < -0.39 is 0 Å². The zero-order chi connectivity index (χ0) is 20.3. The second-order valence-electron chi connectivity index (χ2n) is 6.87. The third-order valence-corrected chi connectivity index (χ3v) is 7.09. The van der Waals surface area contributed by atoms with Crippen LogP contribution >= 0.6 is 23.1 Å². The first-order valence-corrected chi connectivity index (χ1v) is 11.4. The van der Waals surface area contributed by atoms with E-state index in [1.165, 1.54) is 21.5 Å². The van der Waals surface area contributed by atoms with E-state index in [4.69, 9.17) is 0 Å². The average Bonchev–Trinajstić information content (AvgIpc) is 3.05. The van der Waals surface area contributed by atoms with Gasteiger partial charge in [0.1, 0.15) is 4.83 Å². The van der Waals surface area contributed by atoms with Gasteiger partial charge in [0.25, 0.3) is 5.56 Å². The summed E-state index contributed by atoms with van der Waals surface area (Å²) in [7, 11) is 1.62. The summed E-state index contributed by atoms with van der Waals surface area (Å²) in [6, 6.07) is 0. The van der Waals surface area contributed by atoms with Crippen LogP contribution in [0.4, 0.5) is 0 Å². The van der Waals surface area contributed by atoms with Crippen LogP contribution in [0.5, 0.6) is 0 Å². The van der Waals surface area contributed by atoms with Crippen LogP contribution in [0.2, 0.25) is 0 Å². The molecule has 1 aliphatic rings. The number of thioether (sulfide) groups is 1. The summed E-state index contributed by atoms with van der Waals surface area (Å²) in [5.74, 6) is -0.108. The number of amides is 2. The average molecular weight is 423 g/mol. The minimum Gasteiger partial charge on any atom is -0.342 e. The lowest BCUT2D eigenvalue weighted by molar-refractivity contribution is -0.137. The van der Waals surface area contributed by atoms with Crippen molar-refractivity contribution in [3.63, 3.8) is 0 Å². The van der Waals surface area contributed by atoms with Gasteiger partial charge < -0.3 is 14.8 Å². The first-order valence-electron chi connectivity index (χ1n) is 9.63. The van der Waals surface area contributed by atoms with Crippen LogP contribution in [0, 0.1) is 0 Å². The number of fused-ring (bicyclic) bond motifs is 3. The van der Waals surface area contributed by atoms with Gasteiger partial charge in [-0.25, -0.2) is 4.98 Å². The van der Waals surface area contributed by atoms with Crippen molar-refractivity contribution in [1.82, 2.24) is 19.8 Å². The number of carbonyl (C=O) groups excluding carboxylic acids is 2. The number of aromatic nitrogens is 2. The zero-order valence-corrected chi connectivity index (χ0v) is 18.2. The first kappa shape index (κ1) is 20.9. The molecule has 0 fully saturated rings. The lowest BCUT2D eigenvalue weighted by Gasteiger charge is -2.23. The third-order valence-electron chi connectivity index (χ3n) is 5.05. The van der Waals surface area contributed by atoms with Crippen LogP contribution in [0.15, 0.2) is 9.95 Å². The normalized spacial score (nSPS) is 13.4. The van der Waals surface area contributed by atoms with Gasteiger partial charge in [0, 0.05) is 25.0 Å². The number of carbonyl (C=O) groups is 2. The molecule has 1 aliphatic carbocycles. The molecule has 0 spiro atoms. The molecule has 2 amide bonds. The van der Waals surface area contributed by atoms with E-state index in [2.05, 4.69) is 9.97 Å². The maximum atomic E-state index is 12.5. The smallest absolute Gasteiger partial charge is 0.260 e. The van der Waals surface area contributed by atoms with E-state index in [1.807, 2.05) is 13.8 Å². The molecule has 152 valence electrons. The van der Waals surface area contributed by atoms with Crippen molar-refractivity contribution >= 4 is 45.1 Å². The van der Waals surface area contributed by atoms with E-state index in [-0.39, 0.29) is 29.7 Å². The number of hydrogen-bond donors (Lipinski definition) is 1. The molecule has 2 heterocycles. The highest BCUT2D eigenvalue weighted by molar-refractivity contribution is 7.99. The molecule has 2 aromatic heterocycles. The largest absolute Gasteiger partial charge is 0.342 e. The Labute approximate surface area is 172 Å². The maximum absolute atomic E-state index is 12.5. The number of nitrogens with one attached hydrogen (secondary N) is 1. The molecule has 1 N–H and O–H groups in total. The molecule has 0 aromatic carbocycles. The molecule has 0 saturated carbocycles. The van der Waals surface area contributed by atoms with Crippen LogP contribution < -0.4 is 5.56 Å². The quantitative estimate of drug-likeness (QED) is 0.546. The van der Waals surface area contributed by atoms with Crippen LogP contribution in [-0.2, 0) is 22.4 Å². The number of H-pyrrole nitrogens is 1.